The van der Waals surface area contributed by atoms with Gasteiger partial charge in [-0.25, -0.2) is 9.59 Å². The van der Waals surface area contributed by atoms with E-state index < -0.39 is 0 Å². The van der Waals surface area contributed by atoms with Crippen molar-refractivity contribution in [3.8, 4) is 0 Å². The number of carbonyl (C=O) groups excluding carboxylic acids is 2. The van der Waals surface area contributed by atoms with Crippen molar-refractivity contribution in [2.75, 3.05) is 0 Å². The second kappa shape index (κ2) is 3.40. The van der Waals surface area contributed by atoms with Gasteiger partial charge < -0.3 is 0 Å². The second-order valence-electron chi connectivity index (χ2n) is 7.00. The molecule has 96 valence electrons. The lowest BCUT2D eigenvalue weighted by atomic mass is 9.41. The molecule has 0 aromatic carbocycles. The Morgan fingerprint density at radius 1 is 1.00 bits per heavy atom. The van der Waals surface area contributed by atoms with E-state index >= 15 is 0 Å². The Morgan fingerprint density at radius 3 is 1.89 bits per heavy atom. The minimum absolute atomic E-state index is 0.139. The average molecular weight is 246 g/mol. The van der Waals surface area contributed by atoms with Crippen molar-refractivity contribution in [1.82, 2.24) is 0 Å². The summed E-state index contributed by atoms with van der Waals surface area (Å²) in [5.74, 6) is 1.13. The van der Waals surface area contributed by atoms with Gasteiger partial charge in [-0.1, -0.05) is 13.8 Å². The maximum atomic E-state index is 10.7. The maximum absolute atomic E-state index is 10.7. The van der Waals surface area contributed by atoms with Crippen LogP contribution in [0.1, 0.15) is 46.0 Å². The van der Waals surface area contributed by atoms with E-state index in [1.165, 1.54) is 0 Å². The van der Waals surface area contributed by atoms with Crippen molar-refractivity contribution in [2.24, 2.45) is 27.2 Å². The van der Waals surface area contributed by atoms with Gasteiger partial charge >= 0.3 is 0 Å². The third-order valence-electron chi connectivity index (χ3n) is 5.78. The van der Waals surface area contributed by atoms with Gasteiger partial charge in [-0.15, -0.1) is 0 Å². The Balaban J connectivity index is 2.11. The van der Waals surface area contributed by atoms with E-state index in [1.54, 1.807) is 12.2 Å². The number of hydrogen-bond donors (Lipinski definition) is 0. The van der Waals surface area contributed by atoms with Gasteiger partial charge in [0, 0.05) is 0 Å². The summed E-state index contributed by atoms with van der Waals surface area (Å²) in [5.41, 5.74) is -0.491. The fraction of sp³-hybridized carbons (Fsp3) is 0.857. The van der Waals surface area contributed by atoms with Crippen molar-refractivity contribution in [1.29, 1.82) is 0 Å². The van der Waals surface area contributed by atoms with Gasteiger partial charge in [0.1, 0.15) is 0 Å². The monoisotopic (exact) mass is 246 g/mol. The molecule has 4 bridgehead atoms. The smallest absolute Gasteiger partial charge is 0.211 e. The number of isocyanates is 2. The van der Waals surface area contributed by atoms with E-state index in [2.05, 4.69) is 23.8 Å². The van der Waals surface area contributed by atoms with Crippen LogP contribution in [0.5, 0.6) is 0 Å². The topological polar surface area (TPSA) is 58.9 Å². The summed E-state index contributed by atoms with van der Waals surface area (Å²) in [6.07, 6.45) is 8.00. The molecular formula is C14H18N2O2. The molecule has 0 N–H and O–H groups in total. The molecule has 0 heterocycles. The van der Waals surface area contributed by atoms with Crippen LogP contribution < -0.4 is 0 Å². The second-order valence-corrected chi connectivity index (χ2v) is 7.00. The minimum atomic E-state index is -0.315. The molecular weight excluding hydrogens is 228 g/mol. The van der Waals surface area contributed by atoms with Crippen LogP contribution in [0, 0.1) is 17.3 Å². The highest BCUT2D eigenvalue weighted by atomic mass is 16.1. The molecule has 4 saturated carbocycles. The minimum Gasteiger partial charge on any atom is -0.211 e. The molecule has 3 atom stereocenters. The van der Waals surface area contributed by atoms with Crippen molar-refractivity contribution < 1.29 is 9.59 Å². The van der Waals surface area contributed by atoms with Crippen LogP contribution in [0.3, 0.4) is 0 Å². The molecule has 4 rings (SSSR count). The first-order valence-electron chi connectivity index (χ1n) is 6.65. The van der Waals surface area contributed by atoms with Gasteiger partial charge in [-0.2, -0.15) is 9.98 Å². The molecule has 0 aromatic rings. The molecule has 0 amide bonds. The molecule has 4 heteroatoms. The highest BCUT2D eigenvalue weighted by molar-refractivity contribution is 5.39. The predicted molar refractivity (Wildman–Crippen MR) is 65.6 cm³/mol. The maximum Gasteiger partial charge on any atom is 0.235 e. The Morgan fingerprint density at radius 2 is 1.50 bits per heavy atom. The zero-order valence-electron chi connectivity index (χ0n) is 10.9. The number of aliphatic imine (C=N–C) groups is 2. The molecule has 4 nitrogen and oxygen atoms in total. The highest BCUT2D eigenvalue weighted by Gasteiger charge is 2.65. The zero-order chi connectivity index (χ0) is 13.0. The SMILES string of the molecule is CC1C2CC3(N=C=O)CC(N=C=O)(C2)CC1(C)C3. The Bertz CT molecular complexity index is 454. The molecule has 4 aliphatic carbocycles. The zero-order valence-corrected chi connectivity index (χ0v) is 10.9. The molecule has 0 aromatic heterocycles. The summed E-state index contributed by atoms with van der Waals surface area (Å²) in [4.78, 5) is 29.7. The van der Waals surface area contributed by atoms with Crippen molar-refractivity contribution >= 4 is 12.2 Å². The van der Waals surface area contributed by atoms with E-state index in [1.807, 2.05) is 0 Å². The summed E-state index contributed by atoms with van der Waals surface area (Å²) < 4.78 is 0. The summed E-state index contributed by atoms with van der Waals surface area (Å²) >= 11 is 0. The van der Waals surface area contributed by atoms with E-state index in [0.717, 1.165) is 32.1 Å². The Hall–Kier alpha value is -1.24. The van der Waals surface area contributed by atoms with Crippen molar-refractivity contribution in [3.05, 3.63) is 0 Å². The van der Waals surface area contributed by atoms with Crippen molar-refractivity contribution in [3.63, 3.8) is 0 Å². The molecule has 3 unspecified atom stereocenters. The van der Waals surface area contributed by atoms with Crippen LogP contribution in [0.4, 0.5) is 0 Å². The van der Waals surface area contributed by atoms with Crippen LogP contribution in [0.15, 0.2) is 9.98 Å². The number of nitrogens with zero attached hydrogens (tertiary/aromatic N) is 2. The first-order valence-corrected chi connectivity index (χ1v) is 6.65. The lowest BCUT2D eigenvalue weighted by Crippen LogP contribution is -2.64. The molecule has 0 radical (unpaired) electrons. The van der Waals surface area contributed by atoms with Crippen LogP contribution in [-0.2, 0) is 9.59 Å². The van der Waals surface area contributed by atoms with Gasteiger partial charge in [-0.3, -0.25) is 0 Å². The van der Waals surface area contributed by atoms with Crippen LogP contribution in [0.2, 0.25) is 0 Å². The van der Waals surface area contributed by atoms with E-state index in [4.69, 9.17) is 0 Å². The highest BCUT2D eigenvalue weighted by Crippen LogP contribution is 2.67. The third-order valence-corrected chi connectivity index (χ3v) is 5.78. The lowest BCUT2D eigenvalue weighted by Gasteiger charge is -2.65. The fourth-order valence-electron chi connectivity index (χ4n) is 5.33. The fourth-order valence-corrected chi connectivity index (χ4v) is 5.33. The van der Waals surface area contributed by atoms with E-state index in [-0.39, 0.29) is 16.5 Å². The quantitative estimate of drug-likeness (QED) is 0.555. The molecule has 18 heavy (non-hydrogen) atoms. The van der Waals surface area contributed by atoms with E-state index in [0.29, 0.717) is 11.8 Å². The van der Waals surface area contributed by atoms with Crippen LogP contribution in [-0.4, -0.2) is 23.2 Å². The first kappa shape index (κ1) is 11.8. The molecule has 0 aliphatic heterocycles. The van der Waals surface area contributed by atoms with Crippen LogP contribution in [0.25, 0.3) is 0 Å². The summed E-state index contributed by atoms with van der Waals surface area (Å²) in [7, 11) is 0. The predicted octanol–water partition coefficient (Wildman–Crippen LogP) is 2.39. The van der Waals surface area contributed by atoms with Gasteiger partial charge in [0.2, 0.25) is 12.2 Å². The summed E-state index contributed by atoms with van der Waals surface area (Å²) in [6, 6.07) is 0. The van der Waals surface area contributed by atoms with Gasteiger partial charge in [0.15, 0.2) is 0 Å². The summed E-state index contributed by atoms with van der Waals surface area (Å²) in [6.45, 7) is 4.55. The average Bonchev–Trinajstić information content (AvgIpc) is 2.24. The molecule has 4 aliphatic rings. The summed E-state index contributed by atoms with van der Waals surface area (Å²) in [5, 5.41) is 0. The number of rotatable bonds is 2. The Kier molecular flexibility index (Phi) is 2.24. The molecule has 4 fully saturated rings. The lowest BCUT2D eigenvalue weighted by molar-refractivity contribution is -0.112. The van der Waals surface area contributed by atoms with Gasteiger partial charge in [0.25, 0.3) is 0 Å². The largest absolute Gasteiger partial charge is 0.235 e. The normalized spacial score (nSPS) is 52.6. The van der Waals surface area contributed by atoms with Crippen LogP contribution >= 0.6 is 0 Å². The first-order chi connectivity index (χ1) is 8.47. The standard InChI is InChI=1S/C14H18N2O2/c1-10-11-3-13(15-8-17)5-12(10,2)6-14(4-11,7-13)16-9-18/h10-11H,3-7H2,1-2H3. The number of hydrogen-bond acceptors (Lipinski definition) is 4. The third kappa shape index (κ3) is 1.39. The van der Waals surface area contributed by atoms with E-state index in [9.17, 15) is 9.59 Å². The van der Waals surface area contributed by atoms with Gasteiger partial charge in [0.05, 0.1) is 11.1 Å². The van der Waals surface area contributed by atoms with Crippen molar-refractivity contribution in [2.45, 2.75) is 57.0 Å². The molecule has 0 spiro atoms. The Labute approximate surface area is 107 Å². The van der Waals surface area contributed by atoms with Gasteiger partial charge in [-0.05, 0) is 49.4 Å². The molecule has 0 saturated heterocycles.